The van der Waals surface area contributed by atoms with Crippen molar-refractivity contribution in [2.24, 2.45) is 4.99 Å². The van der Waals surface area contributed by atoms with Gasteiger partial charge >= 0.3 is 5.97 Å². The molecular weight excluding hydrogens is 322 g/mol. The van der Waals surface area contributed by atoms with Gasteiger partial charge in [0.05, 0.1) is 6.61 Å². The molecule has 0 aliphatic heterocycles. The van der Waals surface area contributed by atoms with Crippen LogP contribution < -0.4 is 10.6 Å². The molecule has 0 fully saturated rings. The molecule has 0 aliphatic rings. The Bertz CT molecular complexity index is 325. The summed E-state index contributed by atoms with van der Waals surface area (Å²) >= 11 is 1.90. The van der Waals surface area contributed by atoms with Crippen LogP contribution in [-0.4, -0.2) is 50.2 Å². The van der Waals surface area contributed by atoms with Crippen LogP contribution >= 0.6 is 11.8 Å². The first kappa shape index (κ1) is 23.1. The lowest BCUT2D eigenvalue weighted by Crippen LogP contribution is -2.37. The molecule has 5 nitrogen and oxygen atoms in total. The van der Waals surface area contributed by atoms with E-state index in [0.29, 0.717) is 13.0 Å². The molecule has 0 aromatic carbocycles. The second-order valence-corrected chi connectivity index (χ2v) is 6.70. The lowest BCUT2D eigenvalue weighted by molar-refractivity contribution is -0.143. The van der Waals surface area contributed by atoms with Gasteiger partial charge < -0.3 is 15.4 Å². The number of esters is 1. The molecule has 6 heteroatoms. The van der Waals surface area contributed by atoms with Crippen molar-refractivity contribution in [2.45, 2.75) is 65.2 Å². The van der Waals surface area contributed by atoms with Gasteiger partial charge in [-0.1, -0.05) is 19.3 Å². The molecule has 0 aromatic heterocycles. The van der Waals surface area contributed by atoms with E-state index in [4.69, 9.17) is 4.74 Å². The zero-order chi connectivity index (χ0) is 17.9. The highest BCUT2D eigenvalue weighted by Crippen LogP contribution is 2.06. The van der Waals surface area contributed by atoms with Gasteiger partial charge in [0.25, 0.3) is 0 Å². The summed E-state index contributed by atoms with van der Waals surface area (Å²) in [6.45, 7) is 7.16. The highest BCUT2D eigenvalue weighted by Gasteiger charge is 2.00. The van der Waals surface area contributed by atoms with Gasteiger partial charge in [0.2, 0.25) is 0 Å². The summed E-state index contributed by atoms with van der Waals surface area (Å²) < 4.78 is 4.92. The first-order valence-corrected chi connectivity index (χ1v) is 10.8. The fourth-order valence-corrected chi connectivity index (χ4v) is 2.75. The standard InChI is InChI=1S/C18H37N3O2S/c1-4-19-18(21-15-11-12-16-24-3)20-14-10-8-6-7-9-13-17(22)23-5-2/h4-16H2,1-3H3,(H2,19,20,21). The molecule has 0 radical (unpaired) electrons. The van der Waals surface area contributed by atoms with E-state index in [-0.39, 0.29) is 5.97 Å². The summed E-state index contributed by atoms with van der Waals surface area (Å²) in [5.74, 6) is 2.09. The average molecular weight is 360 g/mol. The molecule has 0 bridgehead atoms. The third kappa shape index (κ3) is 16.0. The predicted octanol–water partition coefficient (Wildman–Crippen LogP) is 3.59. The number of carbonyl (C=O) groups excluding carboxylic acids is 1. The van der Waals surface area contributed by atoms with E-state index in [1.54, 1.807) is 0 Å². The summed E-state index contributed by atoms with van der Waals surface area (Å²) in [6.07, 6.45) is 10.6. The van der Waals surface area contributed by atoms with Crippen molar-refractivity contribution in [3.8, 4) is 0 Å². The van der Waals surface area contributed by atoms with Crippen LogP contribution in [-0.2, 0) is 9.53 Å². The normalized spacial score (nSPS) is 11.4. The maximum Gasteiger partial charge on any atom is 0.305 e. The van der Waals surface area contributed by atoms with Crippen molar-refractivity contribution in [2.75, 3.05) is 38.2 Å². The van der Waals surface area contributed by atoms with Crippen LogP contribution in [0.2, 0.25) is 0 Å². The zero-order valence-corrected chi connectivity index (χ0v) is 16.7. The smallest absolute Gasteiger partial charge is 0.305 e. The van der Waals surface area contributed by atoms with Gasteiger partial charge in [-0.3, -0.25) is 9.79 Å². The lowest BCUT2D eigenvalue weighted by atomic mass is 10.1. The lowest BCUT2D eigenvalue weighted by Gasteiger charge is -2.11. The number of guanidine groups is 1. The first-order chi connectivity index (χ1) is 11.7. The van der Waals surface area contributed by atoms with Crippen molar-refractivity contribution >= 4 is 23.7 Å². The Hall–Kier alpha value is -0.910. The first-order valence-electron chi connectivity index (χ1n) is 9.41. The maximum atomic E-state index is 11.2. The molecule has 142 valence electrons. The number of rotatable bonds is 15. The molecule has 0 amide bonds. The van der Waals surface area contributed by atoms with Crippen LogP contribution in [0.4, 0.5) is 0 Å². The monoisotopic (exact) mass is 359 g/mol. The molecule has 0 atom stereocenters. The second kappa shape index (κ2) is 18.4. The van der Waals surface area contributed by atoms with Crippen molar-refractivity contribution in [3.63, 3.8) is 0 Å². The molecule has 0 rings (SSSR count). The van der Waals surface area contributed by atoms with Gasteiger partial charge in [0.1, 0.15) is 0 Å². The zero-order valence-electron chi connectivity index (χ0n) is 15.9. The molecule has 0 saturated heterocycles. The number of aliphatic imine (C=N–C) groups is 1. The minimum absolute atomic E-state index is 0.0685. The molecule has 0 spiro atoms. The van der Waals surface area contributed by atoms with E-state index >= 15 is 0 Å². The molecule has 2 N–H and O–H groups in total. The summed E-state index contributed by atoms with van der Waals surface area (Å²) in [7, 11) is 0. The Morgan fingerprint density at radius 2 is 1.75 bits per heavy atom. The number of nitrogens with one attached hydrogen (secondary N) is 2. The minimum atomic E-state index is -0.0685. The van der Waals surface area contributed by atoms with Gasteiger partial charge in [-0.25, -0.2) is 0 Å². The number of hydrogen-bond acceptors (Lipinski definition) is 4. The molecule has 0 aliphatic carbocycles. The van der Waals surface area contributed by atoms with E-state index in [9.17, 15) is 4.79 Å². The number of carbonyl (C=O) groups is 1. The Balaban J connectivity index is 3.62. The summed E-state index contributed by atoms with van der Waals surface area (Å²) in [4.78, 5) is 15.8. The highest BCUT2D eigenvalue weighted by atomic mass is 32.2. The largest absolute Gasteiger partial charge is 0.466 e. The van der Waals surface area contributed by atoms with E-state index < -0.39 is 0 Å². The number of unbranched alkanes of at least 4 members (excludes halogenated alkanes) is 5. The fraction of sp³-hybridized carbons (Fsp3) is 0.889. The van der Waals surface area contributed by atoms with Crippen LogP contribution in [0.25, 0.3) is 0 Å². The van der Waals surface area contributed by atoms with Crippen LogP contribution in [0.15, 0.2) is 4.99 Å². The number of hydrogen-bond donors (Lipinski definition) is 2. The third-order valence-electron chi connectivity index (χ3n) is 3.53. The predicted molar refractivity (Wildman–Crippen MR) is 106 cm³/mol. The van der Waals surface area contributed by atoms with Crippen LogP contribution in [0, 0.1) is 0 Å². The van der Waals surface area contributed by atoms with Crippen LogP contribution in [0.1, 0.15) is 65.2 Å². The Morgan fingerprint density at radius 3 is 2.46 bits per heavy atom. The molecule has 24 heavy (non-hydrogen) atoms. The molecule has 0 heterocycles. The SMILES string of the molecule is CCNC(=NCCCCCCCC(=O)OCC)NCCCCSC. The topological polar surface area (TPSA) is 62.7 Å². The van der Waals surface area contributed by atoms with Crippen LogP contribution in [0.3, 0.4) is 0 Å². The van der Waals surface area contributed by atoms with E-state index in [1.165, 1.54) is 25.0 Å². The third-order valence-corrected chi connectivity index (χ3v) is 4.22. The summed E-state index contributed by atoms with van der Waals surface area (Å²) in [6, 6.07) is 0. The molecule has 0 saturated carbocycles. The Morgan fingerprint density at radius 1 is 1.00 bits per heavy atom. The van der Waals surface area contributed by atoms with Gasteiger partial charge in [0, 0.05) is 26.1 Å². The van der Waals surface area contributed by atoms with Crippen molar-refractivity contribution in [1.82, 2.24) is 10.6 Å². The number of ether oxygens (including phenoxy) is 1. The van der Waals surface area contributed by atoms with Crippen molar-refractivity contribution in [3.05, 3.63) is 0 Å². The number of thioether (sulfide) groups is 1. The molecule has 0 unspecified atom stereocenters. The quantitative estimate of drug-likeness (QED) is 0.202. The Labute approximate surface area is 152 Å². The molecular formula is C18H37N3O2S. The van der Waals surface area contributed by atoms with Crippen LogP contribution in [0.5, 0.6) is 0 Å². The van der Waals surface area contributed by atoms with Gasteiger partial charge in [-0.15, -0.1) is 0 Å². The summed E-state index contributed by atoms with van der Waals surface area (Å²) in [5, 5.41) is 6.68. The number of nitrogens with zero attached hydrogens (tertiary/aromatic N) is 1. The van der Waals surface area contributed by atoms with Gasteiger partial charge in [-0.2, -0.15) is 11.8 Å². The van der Waals surface area contributed by atoms with Gasteiger partial charge in [0.15, 0.2) is 5.96 Å². The van der Waals surface area contributed by atoms with E-state index in [1.807, 2.05) is 18.7 Å². The second-order valence-electron chi connectivity index (χ2n) is 5.71. The minimum Gasteiger partial charge on any atom is -0.466 e. The molecule has 0 aromatic rings. The fourth-order valence-electron chi connectivity index (χ4n) is 2.26. The van der Waals surface area contributed by atoms with Crippen molar-refractivity contribution in [1.29, 1.82) is 0 Å². The highest BCUT2D eigenvalue weighted by molar-refractivity contribution is 7.98. The average Bonchev–Trinajstić information content (AvgIpc) is 2.57. The summed E-state index contributed by atoms with van der Waals surface area (Å²) in [5.41, 5.74) is 0. The van der Waals surface area contributed by atoms with Crippen molar-refractivity contribution < 1.29 is 9.53 Å². The Kier molecular flexibility index (Phi) is 17.7. The van der Waals surface area contributed by atoms with Gasteiger partial charge in [-0.05, 0) is 51.5 Å². The maximum absolute atomic E-state index is 11.2. The van der Waals surface area contributed by atoms with E-state index in [0.717, 1.165) is 51.3 Å². The van der Waals surface area contributed by atoms with E-state index in [2.05, 4.69) is 28.8 Å².